The number of nitro benzene ring substituents is 1. The summed E-state index contributed by atoms with van der Waals surface area (Å²) in [5.41, 5.74) is -0.255. The van der Waals surface area contributed by atoms with Crippen LogP contribution in [-0.2, 0) is 0 Å². The average molecular weight is 296 g/mol. The minimum atomic E-state index is -1.27. The third-order valence-corrected chi connectivity index (χ3v) is 3.18. The number of halogens is 2. The van der Waals surface area contributed by atoms with E-state index in [1.165, 1.54) is 0 Å². The molecule has 1 atom stereocenters. The van der Waals surface area contributed by atoms with Crippen molar-refractivity contribution in [2.75, 3.05) is 5.32 Å². The van der Waals surface area contributed by atoms with Gasteiger partial charge in [-0.3, -0.25) is 10.1 Å². The first-order valence-corrected chi connectivity index (χ1v) is 6.27. The largest absolute Gasteiger partial charge is 0.466 e. The van der Waals surface area contributed by atoms with Gasteiger partial charge in [-0.1, -0.05) is 0 Å². The van der Waals surface area contributed by atoms with Crippen LogP contribution in [0.15, 0.2) is 22.6 Å². The number of nitrogens with one attached hydrogen (secondary N) is 1. The van der Waals surface area contributed by atoms with Gasteiger partial charge in [0.1, 0.15) is 11.5 Å². The second-order valence-corrected chi connectivity index (χ2v) is 4.75. The van der Waals surface area contributed by atoms with E-state index in [2.05, 4.69) is 5.32 Å². The van der Waals surface area contributed by atoms with Gasteiger partial charge >= 0.3 is 0 Å². The van der Waals surface area contributed by atoms with Gasteiger partial charge in [-0.15, -0.1) is 0 Å². The molecule has 21 heavy (non-hydrogen) atoms. The number of aryl methyl sites for hydroxylation is 2. The average Bonchev–Trinajstić information content (AvgIpc) is 2.74. The summed E-state index contributed by atoms with van der Waals surface area (Å²) >= 11 is 0. The number of nitro groups is 1. The first-order valence-electron chi connectivity index (χ1n) is 6.27. The molecule has 0 aliphatic heterocycles. The van der Waals surface area contributed by atoms with Gasteiger partial charge in [0.05, 0.1) is 11.0 Å². The van der Waals surface area contributed by atoms with Crippen molar-refractivity contribution in [3.63, 3.8) is 0 Å². The zero-order chi connectivity index (χ0) is 15.7. The summed E-state index contributed by atoms with van der Waals surface area (Å²) in [6.45, 7) is 5.18. The Labute approximate surface area is 119 Å². The van der Waals surface area contributed by atoms with Gasteiger partial charge in [0, 0.05) is 11.6 Å². The van der Waals surface area contributed by atoms with Crippen molar-refractivity contribution in [3.8, 4) is 0 Å². The summed E-state index contributed by atoms with van der Waals surface area (Å²) in [6.07, 6.45) is 0. The predicted octanol–water partition coefficient (Wildman–Crippen LogP) is 4.26. The Morgan fingerprint density at radius 2 is 2.00 bits per heavy atom. The second-order valence-electron chi connectivity index (χ2n) is 4.75. The van der Waals surface area contributed by atoms with Crippen LogP contribution in [0.4, 0.5) is 20.2 Å². The second kappa shape index (κ2) is 5.51. The summed E-state index contributed by atoms with van der Waals surface area (Å²) < 4.78 is 32.5. The maximum Gasteiger partial charge on any atom is 0.295 e. The molecule has 0 saturated heterocycles. The molecular weight excluding hydrogens is 282 g/mol. The summed E-state index contributed by atoms with van der Waals surface area (Å²) in [7, 11) is 0. The number of benzene rings is 1. The molecule has 0 radical (unpaired) electrons. The summed E-state index contributed by atoms with van der Waals surface area (Å²) in [6, 6.07) is 2.94. The van der Waals surface area contributed by atoms with Gasteiger partial charge in [-0.25, -0.2) is 8.78 Å². The Kier molecular flexibility index (Phi) is 3.93. The number of nitrogens with zero attached hydrogens (tertiary/aromatic N) is 1. The summed E-state index contributed by atoms with van der Waals surface area (Å²) in [4.78, 5) is 10.2. The van der Waals surface area contributed by atoms with Crippen LogP contribution in [0.1, 0.15) is 30.0 Å². The number of rotatable bonds is 4. The lowest BCUT2D eigenvalue weighted by molar-refractivity contribution is -0.384. The first-order chi connectivity index (χ1) is 9.81. The van der Waals surface area contributed by atoms with Crippen LogP contribution in [-0.4, -0.2) is 4.92 Å². The number of anilines is 1. The molecule has 0 aliphatic carbocycles. The molecule has 5 nitrogen and oxygen atoms in total. The third-order valence-electron chi connectivity index (χ3n) is 3.18. The molecule has 0 aliphatic rings. The lowest BCUT2D eigenvalue weighted by atomic mass is 10.1. The van der Waals surface area contributed by atoms with Crippen molar-refractivity contribution in [3.05, 3.63) is 57.0 Å². The van der Waals surface area contributed by atoms with E-state index in [1.54, 1.807) is 26.8 Å². The van der Waals surface area contributed by atoms with Crippen LogP contribution < -0.4 is 5.32 Å². The highest BCUT2D eigenvalue weighted by Crippen LogP contribution is 2.33. The Hall–Kier alpha value is -2.44. The molecule has 1 aromatic heterocycles. The van der Waals surface area contributed by atoms with Gasteiger partial charge in [0.15, 0.2) is 17.3 Å². The highest BCUT2D eigenvalue weighted by Gasteiger charge is 2.24. The number of furan rings is 1. The van der Waals surface area contributed by atoms with Crippen LogP contribution in [0.2, 0.25) is 0 Å². The maximum atomic E-state index is 13.8. The predicted molar refractivity (Wildman–Crippen MR) is 73.2 cm³/mol. The van der Waals surface area contributed by atoms with E-state index >= 15 is 0 Å². The van der Waals surface area contributed by atoms with Gasteiger partial charge < -0.3 is 9.73 Å². The molecule has 1 heterocycles. The Bertz CT molecular complexity index is 698. The van der Waals surface area contributed by atoms with Gasteiger partial charge in [0.2, 0.25) is 0 Å². The number of hydrogen-bond acceptors (Lipinski definition) is 4. The van der Waals surface area contributed by atoms with Crippen molar-refractivity contribution in [2.24, 2.45) is 0 Å². The van der Waals surface area contributed by atoms with E-state index in [1.807, 2.05) is 0 Å². The normalized spacial score (nSPS) is 12.2. The van der Waals surface area contributed by atoms with E-state index < -0.39 is 34.0 Å². The molecule has 1 unspecified atom stereocenters. The van der Waals surface area contributed by atoms with Crippen LogP contribution in [0, 0.1) is 35.6 Å². The van der Waals surface area contributed by atoms with E-state index in [0.717, 1.165) is 17.7 Å². The van der Waals surface area contributed by atoms with Gasteiger partial charge in [-0.05, 0) is 32.9 Å². The fourth-order valence-electron chi connectivity index (χ4n) is 2.20. The lowest BCUT2D eigenvalue weighted by Gasteiger charge is -2.15. The highest BCUT2D eigenvalue weighted by atomic mass is 19.2. The molecule has 0 saturated carbocycles. The molecule has 0 bridgehead atoms. The summed E-state index contributed by atoms with van der Waals surface area (Å²) in [5.74, 6) is -1.12. The van der Waals surface area contributed by atoms with Crippen LogP contribution >= 0.6 is 0 Å². The van der Waals surface area contributed by atoms with E-state index in [-0.39, 0.29) is 0 Å². The molecule has 112 valence electrons. The number of hydrogen-bond donors (Lipinski definition) is 1. The molecule has 0 spiro atoms. The van der Waals surface area contributed by atoms with Gasteiger partial charge in [-0.2, -0.15) is 0 Å². The molecule has 2 aromatic rings. The molecular formula is C14H14F2N2O3. The SMILES string of the molecule is Cc1cc(C(C)Nc2c([N+](=O)[O-])ccc(F)c2F)c(C)o1. The maximum absolute atomic E-state index is 13.8. The molecule has 2 rings (SSSR count). The first kappa shape index (κ1) is 15.0. The zero-order valence-electron chi connectivity index (χ0n) is 11.7. The molecule has 0 fully saturated rings. The minimum Gasteiger partial charge on any atom is -0.466 e. The van der Waals surface area contributed by atoms with Gasteiger partial charge in [0.25, 0.3) is 5.69 Å². The Morgan fingerprint density at radius 1 is 1.33 bits per heavy atom. The molecule has 7 heteroatoms. The molecule has 1 aromatic carbocycles. The summed E-state index contributed by atoms with van der Waals surface area (Å²) in [5, 5.41) is 13.6. The third kappa shape index (κ3) is 2.86. The van der Waals surface area contributed by atoms with Crippen molar-refractivity contribution in [1.29, 1.82) is 0 Å². The van der Waals surface area contributed by atoms with Crippen LogP contribution in [0.3, 0.4) is 0 Å². The monoisotopic (exact) mass is 296 g/mol. The fourth-order valence-corrected chi connectivity index (χ4v) is 2.20. The van der Waals surface area contributed by atoms with Crippen molar-refractivity contribution < 1.29 is 18.1 Å². The van der Waals surface area contributed by atoms with Crippen LogP contribution in [0.25, 0.3) is 0 Å². The molecule has 1 N–H and O–H groups in total. The quantitative estimate of drug-likeness (QED) is 0.676. The Balaban J connectivity index is 2.41. The minimum absolute atomic E-state index is 0.467. The standard InChI is InChI=1S/C14H14F2N2O3/c1-7-6-10(9(3)21-7)8(2)17-14-12(18(19)20)5-4-11(15)13(14)16/h4-6,8,17H,1-3H3. The topological polar surface area (TPSA) is 68.3 Å². The fraction of sp³-hybridized carbons (Fsp3) is 0.286. The van der Waals surface area contributed by atoms with Crippen molar-refractivity contribution in [2.45, 2.75) is 26.8 Å². The van der Waals surface area contributed by atoms with E-state index in [0.29, 0.717) is 11.5 Å². The molecule has 0 amide bonds. The van der Waals surface area contributed by atoms with E-state index in [4.69, 9.17) is 4.42 Å². The van der Waals surface area contributed by atoms with E-state index in [9.17, 15) is 18.9 Å². The highest BCUT2D eigenvalue weighted by molar-refractivity contribution is 5.63. The lowest BCUT2D eigenvalue weighted by Crippen LogP contribution is -2.11. The zero-order valence-corrected chi connectivity index (χ0v) is 11.7. The van der Waals surface area contributed by atoms with Crippen molar-refractivity contribution >= 4 is 11.4 Å². The smallest absolute Gasteiger partial charge is 0.295 e. The van der Waals surface area contributed by atoms with Crippen LogP contribution in [0.5, 0.6) is 0 Å². The Morgan fingerprint density at radius 3 is 2.52 bits per heavy atom. The van der Waals surface area contributed by atoms with Crippen molar-refractivity contribution in [1.82, 2.24) is 0 Å².